The average Bonchev–Trinajstić information content (AvgIpc) is 2.34. The van der Waals surface area contributed by atoms with Gasteiger partial charge < -0.3 is 0 Å². The van der Waals surface area contributed by atoms with Crippen molar-refractivity contribution in [3.63, 3.8) is 0 Å². The van der Waals surface area contributed by atoms with Crippen molar-refractivity contribution in [1.29, 1.82) is 0 Å². The molecule has 0 unspecified atom stereocenters. The minimum atomic E-state index is 0.598. The second-order valence-corrected chi connectivity index (χ2v) is 4.39. The third-order valence-corrected chi connectivity index (χ3v) is 3.21. The fourth-order valence-electron chi connectivity index (χ4n) is 2.35. The van der Waals surface area contributed by atoms with E-state index >= 15 is 0 Å². The Bertz CT molecular complexity index is 405. The molecular formula is C14H17NO. The van der Waals surface area contributed by atoms with Crippen LogP contribution < -0.4 is 0 Å². The summed E-state index contributed by atoms with van der Waals surface area (Å²) in [5, 5.41) is 0. The summed E-state index contributed by atoms with van der Waals surface area (Å²) >= 11 is 0. The molecule has 0 fully saturated rings. The first-order valence-electron chi connectivity index (χ1n) is 6.04. The minimum Gasteiger partial charge on any atom is -0.211 e. The molecule has 2 nitrogen and oxygen atoms in total. The summed E-state index contributed by atoms with van der Waals surface area (Å²) in [6.07, 6.45) is 8.66. The Morgan fingerprint density at radius 2 is 2.00 bits per heavy atom. The molecule has 0 bridgehead atoms. The zero-order chi connectivity index (χ0) is 11.2. The highest BCUT2D eigenvalue weighted by molar-refractivity contribution is 5.34. The monoisotopic (exact) mass is 215 g/mol. The molecule has 0 atom stereocenters. The van der Waals surface area contributed by atoms with Crippen LogP contribution in [0.3, 0.4) is 0 Å². The number of aliphatic imine (C=N–C) groups is 1. The lowest BCUT2D eigenvalue weighted by Crippen LogP contribution is -2.03. The van der Waals surface area contributed by atoms with Crippen LogP contribution in [-0.4, -0.2) is 12.6 Å². The fraction of sp³-hybridized carbons (Fsp3) is 0.500. The normalized spacial score (nSPS) is 14.0. The number of fused-ring (bicyclic) bond motifs is 1. The summed E-state index contributed by atoms with van der Waals surface area (Å²) < 4.78 is 0. The van der Waals surface area contributed by atoms with Gasteiger partial charge in [-0.15, -0.1) is 0 Å². The third-order valence-electron chi connectivity index (χ3n) is 3.21. The van der Waals surface area contributed by atoms with E-state index in [4.69, 9.17) is 0 Å². The van der Waals surface area contributed by atoms with Crippen LogP contribution in [-0.2, 0) is 24.1 Å². The summed E-state index contributed by atoms with van der Waals surface area (Å²) in [6.45, 7) is 0.598. The number of isocyanates is 1. The Hall–Kier alpha value is -1.40. The second kappa shape index (κ2) is 5.62. The maximum Gasteiger partial charge on any atom is 0.234 e. The van der Waals surface area contributed by atoms with E-state index in [1.165, 1.54) is 42.4 Å². The zero-order valence-corrected chi connectivity index (χ0v) is 9.54. The van der Waals surface area contributed by atoms with Gasteiger partial charge in [0.15, 0.2) is 0 Å². The summed E-state index contributed by atoms with van der Waals surface area (Å²) in [6, 6.07) is 6.82. The molecule has 1 aromatic carbocycles. The van der Waals surface area contributed by atoms with E-state index in [1.807, 2.05) is 0 Å². The topological polar surface area (TPSA) is 29.4 Å². The van der Waals surface area contributed by atoms with Gasteiger partial charge in [-0.05, 0) is 55.2 Å². The lowest BCUT2D eigenvalue weighted by molar-refractivity contribution is 0.562. The molecule has 0 heterocycles. The van der Waals surface area contributed by atoms with Crippen molar-refractivity contribution < 1.29 is 4.79 Å². The molecule has 1 aliphatic rings. The highest BCUT2D eigenvalue weighted by Gasteiger charge is 2.08. The molecule has 0 radical (unpaired) electrons. The van der Waals surface area contributed by atoms with Crippen molar-refractivity contribution in [1.82, 2.24) is 0 Å². The first kappa shape index (κ1) is 11.1. The molecule has 2 rings (SSSR count). The molecule has 1 aliphatic carbocycles. The molecule has 0 saturated carbocycles. The molecule has 1 aromatic rings. The van der Waals surface area contributed by atoms with Crippen LogP contribution in [0.5, 0.6) is 0 Å². The van der Waals surface area contributed by atoms with Crippen molar-refractivity contribution in [2.24, 2.45) is 4.99 Å². The highest BCUT2D eigenvalue weighted by Crippen LogP contribution is 2.22. The number of rotatable bonds is 4. The molecule has 0 amide bonds. The molecule has 0 aromatic heterocycles. The molecule has 0 N–H and O–H groups in total. The number of hydrogen-bond donors (Lipinski definition) is 0. The number of nitrogens with zero attached hydrogens (tertiary/aromatic N) is 1. The molecule has 0 aliphatic heterocycles. The maximum absolute atomic E-state index is 9.92. The zero-order valence-electron chi connectivity index (χ0n) is 9.54. The maximum atomic E-state index is 9.92. The van der Waals surface area contributed by atoms with E-state index in [1.54, 1.807) is 6.08 Å². The first-order valence-corrected chi connectivity index (χ1v) is 6.04. The molecule has 16 heavy (non-hydrogen) atoms. The molecule has 2 heteroatoms. The third kappa shape index (κ3) is 2.80. The Morgan fingerprint density at radius 1 is 1.19 bits per heavy atom. The summed E-state index contributed by atoms with van der Waals surface area (Å²) in [4.78, 5) is 13.5. The van der Waals surface area contributed by atoms with Gasteiger partial charge in [0, 0.05) is 0 Å². The molecular weight excluding hydrogens is 198 g/mol. The van der Waals surface area contributed by atoms with E-state index < -0.39 is 0 Å². The van der Waals surface area contributed by atoms with Crippen molar-refractivity contribution >= 4 is 6.08 Å². The average molecular weight is 215 g/mol. The van der Waals surface area contributed by atoms with Gasteiger partial charge in [-0.1, -0.05) is 18.2 Å². The molecule has 84 valence electrons. The van der Waals surface area contributed by atoms with Crippen LogP contribution in [0, 0.1) is 0 Å². The Morgan fingerprint density at radius 3 is 2.81 bits per heavy atom. The quantitative estimate of drug-likeness (QED) is 0.431. The van der Waals surface area contributed by atoms with E-state index in [0.717, 1.165) is 12.8 Å². The van der Waals surface area contributed by atoms with Gasteiger partial charge in [0.25, 0.3) is 0 Å². The summed E-state index contributed by atoms with van der Waals surface area (Å²) in [5.74, 6) is 0. The Labute approximate surface area is 96.4 Å². The van der Waals surface area contributed by atoms with E-state index in [9.17, 15) is 4.79 Å². The number of hydrogen-bond acceptors (Lipinski definition) is 2. The van der Waals surface area contributed by atoms with Crippen molar-refractivity contribution in [2.45, 2.75) is 38.5 Å². The van der Waals surface area contributed by atoms with Crippen molar-refractivity contribution in [3.05, 3.63) is 34.9 Å². The van der Waals surface area contributed by atoms with E-state index in [0.29, 0.717) is 6.54 Å². The van der Waals surface area contributed by atoms with Crippen LogP contribution in [0.15, 0.2) is 23.2 Å². The summed E-state index contributed by atoms with van der Waals surface area (Å²) in [5.41, 5.74) is 4.44. The predicted molar refractivity (Wildman–Crippen MR) is 64.4 cm³/mol. The van der Waals surface area contributed by atoms with Gasteiger partial charge >= 0.3 is 0 Å². The number of aryl methyl sites for hydroxylation is 3. The van der Waals surface area contributed by atoms with Gasteiger partial charge in [-0.2, -0.15) is 0 Å². The van der Waals surface area contributed by atoms with Crippen molar-refractivity contribution in [3.8, 4) is 0 Å². The van der Waals surface area contributed by atoms with Gasteiger partial charge in [-0.25, -0.2) is 9.79 Å². The number of carbonyl (C=O) groups excluding carboxylic acids is 1. The van der Waals surface area contributed by atoms with Gasteiger partial charge in [0.05, 0.1) is 6.54 Å². The van der Waals surface area contributed by atoms with Gasteiger partial charge in [-0.3, -0.25) is 0 Å². The lowest BCUT2D eigenvalue weighted by atomic mass is 9.90. The van der Waals surface area contributed by atoms with Crippen LogP contribution in [0.25, 0.3) is 0 Å². The molecule has 0 saturated heterocycles. The van der Waals surface area contributed by atoms with Crippen molar-refractivity contribution in [2.75, 3.05) is 6.54 Å². The number of benzene rings is 1. The fourth-order valence-corrected chi connectivity index (χ4v) is 2.35. The predicted octanol–water partition coefficient (Wildman–Crippen LogP) is 2.83. The van der Waals surface area contributed by atoms with Gasteiger partial charge in [0.1, 0.15) is 0 Å². The largest absolute Gasteiger partial charge is 0.234 e. The van der Waals surface area contributed by atoms with Crippen LogP contribution in [0.1, 0.15) is 36.0 Å². The molecule has 0 spiro atoms. The first-order chi connectivity index (χ1) is 7.90. The van der Waals surface area contributed by atoms with Crippen LogP contribution >= 0.6 is 0 Å². The SMILES string of the molecule is O=C=NCCCc1ccc2c(c1)CCCC2. The standard InChI is InChI=1S/C14H17NO/c16-11-15-9-3-4-12-7-8-13-5-1-2-6-14(13)10-12/h7-8,10H,1-6,9H2. The van der Waals surface area contributed by atoms with Crippen LogP contribution in [0.4, 0.5) is 0 Å². The van der Waals surface area contributed by atoms with Gasteiger partial charge in [0.2, 0.25) is 6.08 Å². The van der Waals surface area contributed by atoms with Crippen LogP contribution in [0.2, 0.25) is 0 Å². The highest BCUT2D eigenvalue weighted by atomic mass is 16.1. The Balaban J connectivity index is 1.97. The van der Waals surface area contributed by atoms with E-state index in [-0.39, 0.29) is 0 Å². The second-order valence-electron chi connectivity index (χ2n) is 4.39. The summed E-state index contributed by atoms with van der Waals surface area (Å²) in [7, 11) is 0. The Kier molecular flexibility index (Phi) is 3.90. The lowest BCUT2D eigenvalue weighted by Gasteiger charge is -2.16. The minimum absolute atomic E-state index is 0.598. The smallest absolute Gasteiger partial charge is 0.211 e. The van der Waals surface area contributed by atoms with E-state index in [2.05, 4.69) is 23.2 Å².